The van der Waals surface area contributed by atoms with Gasteiger partial charge in [0.05, 0.1) is 0 Å². The lowest BCUT2D eigenvalue weighted by atomic mass is 10.1. The minimum atomic E-state index is 0.221. The van der Waals surface area contributed by atoms with Crippen molar-refractivity contribution in [3.8, 4) is 0 Å². The third-order valence-electron chi connectivity index (χ3n) is 2.54. The van der Waals surface area contributed by atoms with Crippen molar-refractivity contribution in [1.82, 2.24) is 4.90 Å². The molecule has 0 aromatic carbocycles. The van der Waals surface area contributed by atoms with Gasteiger partial charge >= 0.3 is 0 Å². The molecular formula is C10H20N2O. The van der Waals surface area contributed by atoms with Crippen molar-refractivity contribution in [3.63, 3.8) is 0 Å². The summed E-state index contributed by atoms with van der Waals surface area (Å²) in [5.41, 5.74) is 5.60. The number of rotatable bonds is 5. The van der Waals surface area contributed by atoms with Crippen molar-refractivity contribution in [2.45, 2.75) is 51.1 Å². The molecule has 1 aliphatic rings. The van der Waals surface area contributed by atoms with E-state index in [1.807, 2.05) is 18.9 Å². The van der Waals surface area contributed by atoms with E-state index in [2.05, 4.69) is 0 Å². The maximum absolute atomic E-state index is 11.5. The first-order valence-corrected chi connectivity index (χ1v) is 5.12. The molecule has 0 aromatic heterocycles. The Morgan fingerprint density at radius 2 is 2.23 bits per heavy atom. The first kappa shape index (κ1) is 10.5. The fourth-order valence-corrected chi connectivity index (χ4v) is 1.42. The van der Waals surface area contributed by atoms with Crippen LogP contribution < -0.4 is 5.73 Å². The highest BCUT2D eigenvalue weighted by atomic mass is 16.2. The monoisotopic (exact) mass is 184 g/mol. The highest BCUT2D eigenvalue weighted by molar-refractivity contribution is 5.76. The van der Waals surface area contributed by atoms with Crippen LogP contribution in [0.3, 0.4) is 0 Å². The van der Waals surface area contributed by atoms with Gasteiger partial charge in [0.25, 0.3) is 0 Å². The van der Waals surface area contributed by atoms with Gasteiger partial charge in [-0.3, -0.25) is 4.79 Å². The van der Waals surface area contributed by atoms with E-state index < -0.39 is 0 Å². The Labute approximate surface area is 80.3 Å². The van der Waals surface area contributed by atoms with Crippen LogP contribution in [0.2, 0.25) is 0 Å². The quantitative estimate of drug-likeness (QED) is 0.696. The van der Waals surface area contributed by atoms with Gasteiger partial charge in [-0.05, 0) is 32.6 Å². The van der Waals surface area contributed by atoms with Gasteiger partial charge in [0.1, 0.15) is 0 Å². The van der Waals surface area contributed by atoms with E-state index >= 15 is 0 Å². The lowest BCUT2D eigenvalue weighted by Gasteiger charge is -2.16. The third kappa shape index (κ3) is 3.77. The van der Waals surface area contributed by atoms with Crippen LogP contribution in [0.15, 0.2) is 0 Å². The normalized spacial score (nSPS) is 18.4. The Hall–Kier alpha value is -0.570. The molecule has 1 fully saturated rings. The number of carbonyl (C=O) groups excluding carboxylic acids is 1. The van der Waals surface area contributed by atoms with Gasteiger partial charge < -0.3 is 10.6 Å². The molecule has 76 valence electrons. The number of nitrogens with zero attached hydrogens (tertiary/aromatic N) is 1. The molecule has 0 bridgehead atoms. The highest BCUT2D eigenvalue weighted by Crippen LogP contribution is 2.25. The Balaban J connectivity index is 2.09. The summed E-state index contributed by atoms with van der Waals surface area (Å²) < 4.78 is 0. The second-order valence-corrected chi connectivity index (χ2v) is 4.11. The second-order valence-electron chi connectivity index (χ2n) is 4.11. The summed E-state index contributed by atoms with van der Waals surface area (Å²) in [6, 6.07) is 0.766. The van der Waals surface area contributed by atoms with Crippen LogP contribution in [0.4, 0.5) is 0 Å². The number of nitrogens with two attached hydrogens (primary N) is 1. The van der Waals surface area contributed by atoms with Crippen molar-refractivity contribution >= 4 is 5.91 Å². The molecule has 1 amide bonds. The minimum Gasteiger partial charge on any atom is -0.343 e. The van der Waals surface area contributed by atoms with E-state index in [0.29, 0.717) is 12.5 Å². The molecule has 0 saturated heterocycles. The zero-order valence-corrected chi connectivity index (χ0v) is 8.62. The van der Waals surface area contributed by atoms with Gasteiger partial charge in [-0.15, -0.1) is 0 Å². The molecule has 2 N–H and O–H groups in total. The molecular weight excluding hydrogens is 164 g/mol. The van der Waals surface area contributed by atoms with Crippen molar-refractivity contribution in [1.29, 1.82) is 0 Å². The fraction of sp³-hybridized carbons (Fsp3) is 0.900. The summed E-state index contributed by atoms with van der Waals surface area (Å²) in [7, 11) is 1.91. The molecule has 3 nitrogen and oxygen atoms in total. The number of hydrogen-bond acceptors (Lipinski definition) is 2. The van der Waals surface area contributed by atoms with Crippen LogP contribution in [-0.2, 0) is 4.79 Å². The largest absolute Gasteiger partial charge is 0.343 e. The molecule has 1 aliphatic carbocycles. The van der Waals surface area contributed by atoms with Gasteiger partial charge in [-0.2, -0.15) is 0 Å². The van der Waals surface area contributed by atoms with Gasteiger partial charge in [0.15, 0.2) is 0 Å². The standard InChI is InChI=1S/C10H20N2O/c1-8(11)4-3-5-10(13)12(2)9-6-7-9/h8-9H,3-7,11H2,1-2H3. The topological polar surface area (TPSA) is 46.3 Å². The SMILES string of the molecule is CC(N)CCCC(=O)N(C)C1CC1. The van der Waals surface area contributed by atoms with Crippen molar-refractivity contribution in [2.75, 3.05) is 7.05 Å². The van der Waals surface area contributed by atoms with E-state index in [4.69, 9.17) is 5.73 Å². The van der Waals surface area contributed by atoms with Crippen LogP contribution in [0.25, 0.3) is 0 Å². The van der Waals surface area contributed by atoms with Gasteiger partial charge in [0.2, 0.25) is 5.91 Å². The van der Waals surface area contributed by atoms with Crippen molar-refractivity contribution < 1.29 is 4.79 Å². The zero-order valence-electron chi connectivity index (χ0n) is 8.62. The third-order valence-corrected chi connectivity index (χ3v) is 2.54. The highest BCUT2D eigenvalue weighted by Gasteiger charge is 2.28. The summed E-state index contributed by atoms with van der Waals surface area (Å²) in [5, 5.41) is 0. The number of amides is 1. The Morgan fingerprint density at radius 3 is 2.69 bits per heavy atom. The zero-order chi connectivity index (χ0) is 9.84. The molecule has 0 heterocycles. The van der Waals surface area contributed by atoms with E-state index in [-0.39, 0.29) is 11.9 Å². The van der Waals surface area contributed by atoms with Crippen LogP contribution in [0, 0.1) is 0 Å². The van der Waals surface area contributed by atoms with E-state index in [9.17, 15) is 4.79 Å². The molecule has 0 aromatic rings. The molecule has 0 radical (unpaired) electrons. The molecule has 3 heteroatoms. The molecule has 13 heavy (non-hydrogen) atoms. The Morgan fingerprint density at radius 1 is 1.62 bits per heavy atom. The average Bonchev–Trinajstić information content (AvgIpc) is 2.84. The Kier molecular flexibility index (Phi) is 3.72. The van der Waals surface area contributed by atoms with Crippen LogP contribution in [0.5, 0.6) is 0 Å². The van der Waals surface area contributed by atoms with E-state index in [1.54, 1.807) is 0 Å². The maximum Gasteiger partial charge on any atom is 0.222 e. The smallest absolute Gasteiger partial charge is 0.222 e. The minimum absolute atomic E-state index is 0.221. The number of carbonyl (C=O) groups is 1. The first-order valence-electron chi connectivity index (χ1n) is 5.12. The van der Waals surface area contributed by atoms with Crippen LogP contribution in [-0.4, -0.2) is 29.9 Å². The first-order chi connectivity index (χ1) is 6.11. The van der Waals surface area contributed by atoms with Gasteiger partial charge in [0, 0.05) is 25.6 Å². The van der Waals surface area contributed by atoms with E-state index in [1.165, 1.54) is 12.8 Å². The summed E-state index contributed by atoms with van der Waals surface area (Å²) >= 11 is 0. The lowest BCUT2D eigenvalue weighted by Crippen LogP contribution is -2.28. The summed E-state index contributed by atoms with van der Waals surface area (Å²) in [4.78, 5) is 13.4. The van der Waals surface area contributed by atoms with Crippen molar-refractivity contribution in [3.05, 3.63) is 0 Å². The summed E-state index contributed by atoms with van der Waals surface area (Å²) in [6.45, 7) is 1.98. The van der Waals surface area contributed by atoms with E-state index in [0.717, 1.165) is 12.8 Å². The molecule has 0 aliphatic heterocycles. The molecule has 1 atom stereocenters. The van der Waals surface area contributed by atoms with Crippen molar-refractivity contribution in [2.24, 2.45) is 5.73 Å². The van der Waals surface area contributed by atoms with Gasteiger partial charge in [-0.1, -0.05) is 0 Å². The van der Waals surface area contributed by atoms with Gasteiger partial charge in [-0.25, -0.2) is 0 Å². The number of hydrogen-bond donors (Lipinski definition) is 1. The second kappa shape index (κ2) is 4.61. The summed E-state index contributed by atoms with van der Waals surface area (Å²) in [5.74, 6) is 0.281. The fourth-order valence-electron chi connectivity index (χ4n) is 1.42. The molecule has 1 rings (SSSR count). The average molecular weight is 184 g/mol. The Bertz CT molecular complexity index is 176. The maximum atomic E-state index is 11.5. The molecule has 1 unspecified atom stereocenters. The molecule has 1 saturated carbocycles. The molecule has 0 spiro atoms. The lowest BCUT2D eigenvalue weighted by molar-refractivity contribution is -0.130. The van der Waals surface area contributed by atoms with Crippen LogP contribution in [0.1, 0.15) is 39.0 Å². The van der Waals surface area contributed by atoms with Crippen LogP contribution >= 0.6 is 0 Å². The predicted molar refractivity (Wildman–Crippen MR) is 53.3 cm³/mol. The predicted octanol–water partition coefficient (Wildman–Crippen LogP) is 1.12. The summed E-state index contributed by atoms with van der Waals surface area (Å²) in [6.07, 6.45) is 4.91.